The lowest BCUT2D eigenvalue weighted by Gasteiger charge is -2.18. The second-order valence-corrected chi connectivity index (χ2v) is 4.28. The largest absolute Gasteiger partial charge is 0.369 e. The zero-order valence-electron chi connectivity index (χ0n) is 10.7. The number of rotatable bonds is 6. The first-order valence-corrected chi connectivity index (χ1v) is 5.84. The van der Waals surface area contributed by atoms with Crippen LogP contribution in [0.5, 0.6) is 0 Å². The molecule has 0 radical (unpaired) electrons. The van der Waals surface area contributed by atoms with Crippen LogP contribution in [-0.4, -0.2) is 42.1 Å². The highest BCUT2D eigenvalue weighted by Crippen LogP contribution is 1.99. The van der Waals surface area contributed by atoms with Gasteiger partial charge in [0, 0.05) is 26.0 Å². The summed E-state index contributed by atoms with van der Waals surface area (Å²) in [6.07, 6.45) is 4.46. The van der Waals surface area contributed by atoms with Crippen molar-refractivity contribution in [3.8, 4) is 0 Å². The minimum atomic E-state index is 0.0211. The molecule has 0 saturated heterocycles. The molecule has 17 heavy (non-hydrogen) atoms. The first kappa shape index (κ1) is 13.6. The molecule has 0 unspecified atom stereocenters. The van der Waals surface area contributed by atoms with Gasteiger partial charge in [-0.3, -0.25) is 9.78 Å². The number of carbonyl (C=O) groups excluding carboxylic acids is 1. The van der Waals surface area contributed by atoms with E-state index < -0.39 is 0 Å². The summed E-state index contributed by atoms with van der Waals surface area (Å²) in [5, 5.41) is 0. The number of pyridine rings is 1. The molecular formula is C13H20N2O2. The van der Waals surface area contributed by atoms with Crippen molar-refractivity contribution in [3.63, 3.8) is 0 Å². The van der Waals surface area contributed by atoms with Gasteiger partial charge in [0.15, 0.2) is 0 Å². The van der Waals surface area contributed by atoms with E-state index in [-0.39, 0.29) is 18.6 Å². The summed E-state index contributed by atoms with van der Waals surface area (Å²) < 4.78 is 5.28. The van der Waals surface area contributed by atoms with Crippen LogP contribution in [0.3, 0.4) is 0 Å². The molecule has 0 spiro atoms. The molecule has 1 heterocycles. The van der Waals surface area contributed by atoms with Crippen molar-refractivity contribution in [2.24, 2.45) is 0 Å². The van der Waals surface area contributed by atoms with E-state index in [2.05, 4.69) is 4.98 Å². The van der Waals surface area contributed by atoms with E-state index in [1.165, 1.54) is 5.56 Å². The number of ether oxygens (including phenoxy) is 1. The Bertz CT molecular complexity index is 339. The lowest BCUT2D eigenvalue weighted by Crippen LogP contribution is -2.32. The number of amides is 1. The molecule has 0 bridgehead atoms. The van der Waals surface area contributed by atoms with Gasteiger partial charge in [-0.05, 0) is 38.0 Å². The lowest BCUT2D eigenvalue weighted by atomic mass is 10.2. The summed E-state index contributed by atoms with van der Waals surface area (Å²) >= 11 is 0. The molecule has 0 saturated carbocycles. The molecule has 0 fully saturated rings. The Labute approximate surface area is 103 Å². The maximum atomic E-state index is 11.7. The van der Waals surface area contributed by atoms with Gasteiger partial charge in [-0.25, -0.2) is 0 Å². The van der Waals surface area contributed by atoms with Crippen LogP contribution >= 0.6 is 0 Å². The second kappa shape index (κ2) is 7.01. The van der Waals surface area contributed by atoms with Crippen molar-refractivity contribution >= 4 is 5.91 Å². The smallest absolute Gasteiger partial charge is 0.248 e. The molecule has 0 aromatic carbocycles. The van der Waals surface area contributed by atoms with Crippen molar-refractivity contribution in [2.75, 3.05) is 20.2 Å². The maximum absolute atomic E-state index is 11.7. The van der Waals surface area contributed by atoms with Gasteiger partial charge in [-0.15, -0.1) is 0 Å². The van der Waals surface area contributed by atoms with Crippen LogP contribution in [0.25, 0.3) is 0 Å². The molecule has 0 atom stereocenters. The number of hydrogen-bond acceptors (Lipinski definition) is 3. The van der Waals surface area contributed by atoms with E-state index in [1.54, 1.807) is 24.3 Å². The molecule has 0 aliphatic carbocycles. The Morgan fingerprint density at radius 3 is 2.65 bits per heavy atom. The van der Waals surface area contributed by atoms with E-state index in [0.717, 1.165) is 6.42 Å². The zero-order valence-corrected chi connectivity index (χ0v) is 10.7. The van der Waals surface area contributed by atoms with Crippen molar-refractivity contribution in [1.29, 1.82) is 0 Å². The fraction of sp³-hybridized carbons (Fsp3) is 0.538. The fourth-order valence-corrected chi connectivity index (χ4v) is 1.32. The Morgan fingerprint density at radius 1 is 1.41 bits per heavy atom. The SMILES string of the molecule is CC(C)OCC(=O)N(C)CCc1ccncc1. The third-order valence-electron chi connectivity index (χ3n) is 2.45. The fourth-order valence-electron chi connectivity index (χ4n) is 1.32. The molecular weight excluding hydrogens is 216 g/mol. The first-order valence-electron chi connectivity index (χ1n) is 5.84. The van der Waals surface area contributed by atoms with Crippen LogP contribution in [0.1, 0.15) is 19.4 Å². The number of aromatic nitrogens is 1. The Balaban J connectivity index is 2.29. The molecule has 1 rings (SSSR count). The molecule has 94 valence electrons. The Morgan fingerprint density at radius 2 is 2.06 bits per heavy atom. The average Bonchev–Trinajstić information content (AvgIpc) is 2.34. The summed E-state index contributed by atoms with van der Waals surface area (Å²) in [5.74, 6) is 0.0211. The number of hydrogen-bond donors (Lipinski definition) is 0. The minimum Gasteiger partial charge on any atom is -0.369 e. The summed E-state index contributed by atoms with van der Waals surface area (Å²) in [7, 11) is 1.80. The minimum absolute atomic E-state index is 0.0211. The summed E-state index contributed by atoms with van der Waals surface area (Å²) in [6.45, 7) is 4.70. The summed E-state index contributed by atoms with van der Waals surface area (Å²) in [4.78, 5) is 17.3. The van der Waals surface area contributed by atoms with E-state index in [1.807, 2.05) is 26.0 Å². The molecule has 0 N–H and O–H groups in total. The zero-order chi connectivity index (χ0) is 12.7. The van der Waals surface area contributed by atoms with E-state index in [0.29, 0.717) is 6.54 Å². The molecule has 0 aliphatic rings. The van der Waals surface area contributed by atoms with Crippen molar-refractivity contribution in [3.05, 3.63) is 30.1 Å². The number of carbonyl (C=O) groups is 1. The van der Waals surface area contributed by atoms with E-state index in [9.17, 15) is 4.79 Å². The summed E-state index contributed by atoms with van der Waals surface area (Å²) in [6, 6.07) is 3.92. The average molecular weight is 236 g/mol. The second-order valence-electron chi connectivity index (χ2n) is 4.28. The maximum Gasteiger partial charge on any atom is 0.248 e. The van der Waals surface area contributed by atoms with Gasteiger partial charge in [-0.1, -0.05) is 0 Å². The lowest BCUT2D eigenvalue weighted by molar-refractivity contribution is -0.136. The third kappa shape index (κ3) is 5.45. The standard InChI is InChI=1S/C13H20N2O2/c1-11(2)17-10-13(16)15(3)9-6-12-4-7-14-8-5-12/h4-5,7-8,11H,6,9-10H2,1-3H3. The highest BCUT2D eigenvalue weighted by Gasteiger charge is 2.09. The highest BCUT2D eigenvalue weighted by atomic mass is 16.5. The third-order valence-corrected chi connectivity index (χ3v) is 2.45. The van der Waals surface area contributed by atoms with Gasteiger partial charge in [0.25, 0.3) is 0 Å². The first-order chi connectivity index (χ1) is 8.09. The van der Waals surface area contributed by atoms with Crippen LogP contribution < -0.4 is 0 Å². The predicted octanol–water partition coefficient (Wildman–Crippen LogP) is 1.51. The Hall–Kier alpha value is -1.42. The molecule has 4 heteroatoms. The van der Waals surface area contributed by atoms with Gasteiger partial charge >= 0.3 is 0 Å². The predicted molar refractivity (Wildman–Crippen MR) is 66.7 cm³/mol. The quantitative estimate of drug-likeness (QED) is 0.752. The van der Waals surface area contributed by atoms with Gasteiger partial charge in [0.05, 0.1) is 6.10 Å². The van der Waals surface area contributed by atoms with Gasteiger partial charge in [-0.2, -0.15) is 0 Å². The molecule has 1 amide bonds. The highest BCUT2D eigenvalue weighted by molar-refractivity contribution is 5.77. The monoisotopic (exact) mass is 236 g/mol. The van der Waals surface area contributed by atoms with Crippen LogP contribution in [0, 0.1) is 0 Å². The normalized spacial score (nSPS) is 10.6. The van der Waals surface area contributed by atoms with Crippen molar-refractivity contribution in [2.45, 2.75) is 26.4 Å². The van der Waals surface area contributed by atoms with Crippen LogP contribution in [0.15, 0.2) is 24.5 Å². The topological polar surface area (TPSA) is 42.4 Å². The van der Waals surface area contributed by atoms with Gasteiger partial charge in [0.1, 0.15) is 6.61 Å². The van der Waals surface area contributed by atoms with Crippen molar-refractivity contribution < 1.29 is 9.53 Å². The molecule has 1 aromatic heterocycles. The van der Waals surface area contributed by atoms with Crippen LogP contribution in [0.4, 0.5) is 0 Å². The van der Waals surface area contributed by atoms with Crippen LogP contribution in [0.2, 0.25) is 0 Å². The number of likely N-dealkylation sites (N-methyl/N-ethyl adjacent to an activating group) is 1. The van der Waals surface area contributed by atoms with Gasteiger partial charge in [0.2, 0.25) is 5.91 Å². The van der Waals surface area contributed by atoms with Crippen molar-refractivity contribution in [1.82, 2.24) is 9.88 Å². The van der Waals surface area contributed by atoms with Crippen LogP contribution in [-0.2, 0) is 16.0 Å². The van der Waals surface area contributed by atoms with E-state index in [4.69, 9.17) is 4.74 Å². The molecule has 0 aliphatic heterocycles. The Kier molecular flexibility index (Phi) is 5.63. The summed E-state index contributed by atoms with van der Waals surface area (Å²) in [5.41, 5.74) is 1.18. The van der Waals surface area contributed by atoms with Gasteiger partial charge < -0.3 is 9.64 Å². The molecule has 1 aromatic rings. The molecule has 4 nitrogen and oxygen atoms in total. The number of nitrogens with zero attached hydrogens (tertiary/aromatic N) is 2. The van der Waals surface area contributed by atoms with E-state index >= 15 is 0 Å².